The Morgan fingerprint density at radius 3 is 2.60 bits per heavy atom. The maximum atomic E-state index is 13.1. The van der Waals surface area contributed by atoms with Crippen LogP contribution in [-0.4, -0.2) is 52.4 Å². The Bertz CT molecular complexity index is 1020. The van der Waals surface area contributed by atoms with Crippen molar-refractivity contribution in [3.05, 3.63) is 71.4 Å². The molecule has 0 spiro atoms. The Morgan fingerprint density at radius 1 is 1.20 bits per heavy atom. The van der Waals surface area contributed by atoms with Gasteiger partial charge in [-0.3, -0.25) is 4.79 Å². The number of thioether (sulfide) groups is 1. The number of rotatable bonds is 9. The number of likely N-dealkylation sites (N-methyl/N-ethyl adjacent to an activating group) is 1. The highest BCUT2D eigenvalue weighted by atomic mass is 32.2. The second-order valence-corrected chi connectivity index (χ2v) is 8.16. The van der Waals surface area contributed by atoms with Crippen LogP contribution in [0.4, 0.5) is 0 Å². The van der Waals surface area contributed by atoms with Crippen molar-refractivity contribution < 1.29 is 9.21 Å². The number of hydrogen-bond donors (Lipinski definition) is 0. The predicted molar refractivity (Wildman–Crippen MR) is 116 cm³/mol. The molecule has 1 aromatic carbocycles. The Balaban J connectivity index is 1.69. The summed E-state index contributed by atoms with van der Waals surface area (Å²) in [6.07, 6.45) is 3.65. The smallest absolute Gasteiger partial charge is 0.289 e. The number of aromatic nitrogens is 2. The first-order valence-electron chi connectivity index (χ1n) is 9.58. The number of nitriles is 1. The van der Waals surface area contributed by atoms with Crippen LogP contribution in [-0.2, 0) is 19.3 Å². The van der Waals surface area contributed by atoms with Gasteiger partial charge in [-0.05, 0) is 43.9 Å². The number of aryl methyl sites for hydroxylation is 1. The van der Waals surface area contributed by atoms with E-state index in [2.05, 4.69) is 11.1 Å². The third-order valence-corrected chi connectivity index (χ3v) is 5.63. The lowest BCUT2D eigenvalue weighted by Gasteiger charge is -2.23. The second kappa shape index (κ2) is 10.1. The van der Waals surface area contributed by atoms with Gasteiger partial charge in [-0.15, -0.1) is 0 Å². The Morgan fingerprint density at radius 2 is 1.97 bits per heavy atom. The monoisotopic (exact) mass is 423 g/mol. The van der Waals surface area contributed by atoms with Crippen LogP contribution in [0.3, 0.4) is 0 Å². The molecule has 0 fully saturated rings. The van der Waals surface area contributed by atoms with E-state index < -0.39 is 0 Å². The van der Waals surface area contributed by atoms with Crippen LogP contribution < -0.4 is 0 Å². The van der Waals surface area contributed by atoms with Crippen molar-refractivity contribution in [2.75, 3.05) is 27.2 Å². The van der Waals surface area contributed by atoms with E-state index in [1.807, 2.05) is 55.0 Å². The summed E-state index contributed by atoms with van der Waals surface area (Å²) in [5.74, 6) is 1.52. The minimum Gasteiger partial charge on any atom is -0.455 e. The van der Waals surface area contributed by atoms with Crippen molar-refractivity contribution in [1.82, 2.24) is 19.4 Å². The fraction of sp³-hybridized carbons (Fsp3) is 0.318. The van der Waals surface area contributed by atoms with Gasteiger partial charge in [0.05, 0.1) is 17.4 Å². The van der Waals surface area contributed by atoms with Crippen LogP contribution in [0.1, 0.15) is 27.4 Å². The van der Waals surface area contributed by atoms with Gasteiger partial charge in [-0.1, -0.05) is 23.9 Å². The molecule has 0 aliphatic heterocycles. The van der Waals surface area contributed by atoms with E-state index in [0.29, 0.717) is 30.2 Å². The minimum atomic E-state index is -0.144. The number of carbonyl (C=O) groups is 1. The average molecular weight is 424 g/mol. The Labute approximate surface area is 180 Å². The molecule has 3 aromatic rings. The van der Waals surface area contributed by atoms with Gasteiger partial charge >= 0.3 is 0 Å². The van der Waals surface area contributed by atoms with E-state index in [9.17, 15) is 4.79 Å². The molecule has 0 saturated carbocycles. The molecular formula is C22H25N5O2S. The topological polar surface area (TPSA) is 78.3 Å². The van der Waals surface area contributed by atoms with Gasteiger partial charge in [0.15, 0.2) is 10.9 Å². The zero-order chi connectivity index (χ0) is 21.5. The minimum absolute atomic E-state index is 0.144. The molecule has 0 N–H and O–H groups in total. The summed E-state index contributed by atoms with van der Waals surface area (Å²) >= 11 is 1.56. The molecule has 2 heterocycles. The largest absolute Gasteiger partial charge is 0.455 e. The maximum Gasteiger partial charge on any atom is 0.289 e. The number of imidazole rings is 1. The van der Waals surface area contributed by atoms with Crippen LogP contribution >= 0.6 is 11.8 Å². The van der Waals surface area contributed by atoms with Gasteiger partial charge in [0, 0.05) is 39.1 Å². The fourth-order valence-corrected chi connectivity index (χ4v) is 3.66. The molecule has 2 aromatic heterocycles. The van der Waals surface area contributed by atoms with E-state index >= 15 is 0 Å². The molecule has 156 valence electrons. The molecule has 7 nitrogen and oxygen atoms in total. The molecule has 3 rings (SSSR count). The highest BCUT2D eigenvalue weighted by Crippen LogP contribution is 2.22. The Hall–Kier alpha value is -3.02. The SMILES string of the molecule is CN(C)CCN(Cc1ccc(C#N)cc1)C(=O)c1ccc(CSc2nccn2C)o1. The molecule has 1 amide bonds. The zero-order valence-corrected chi connectivity index (χ0v) is 18.2. The second-order valence-electron chi connectivity index (χ2n) is 7.21. The first-order valence-corrected chi connectivity index (χ1v) is 10.6. The van der Waals surface area contributed by atoms with Gasteiger partial charge in [-0.25, -0.2) is 4.98 Å². The lowest BCUT2D eigenvalue weighted by molar-refractivity contribution is 0.0698. The molecule has 8 heteroatoms. The van der Waals surface area contributed by atoms with Crippen molar-refractivity contribution in [3.63, 3.8) is 0 Å². The van der Waals surface area contributed by atoms with Crippen LogP contribution in [0.25, 0.3) is 0 Å². The Kier molecular flexibility index (Phi) is 7.33. The molecule has 30 heavy (non-hydrogen) atoms. The molecule has 0 unspecified atom stereocenters. The summed E-state index contributed by atoms with van der Waals surface area (Å²) in [4.78, 5) is 21.2. The highest BCUT2D eigenvalue weighted by molar-refractivity contribution is 7.98. The summed E-state index contributed by atoms with van der Waals surface area (Å²) in [5.41, 5.74) is 1.57. The third kappa shape index (κ3) is 5.75. The number of carbonyl (C=O) groups excluding carboxylic acids is 1. The van der Waals surface area contributed by atoms with Crippen LogP contribution in [0.5, 0.6) is 0 Å². The summed E-state index contributed by atoms with van der Waals surface area (Å²) in [5, 5.41) is 9.87. The van der Waals surface area contributed by atoms with Crippen molar-refractivity contribution in [2.45, 2.75) is 17.5 Å². The van der Waals surface area contributed by atoms with E-state index in [-0.39, 0.29) is 5.91 Å². The summed E-state index contributed by atoms with van der Waals surface area (Å²) in [6.45, 7) is 1.77. The number of amides is 1. The summed E-state index contributed by atoms with van der Waals surface area (Å²) < 4.78 is 7.78. The number of nitrogens with zero attached hydrogens (tertiary/aromatic N) is 5. The standard InChI is InChI=1S/C22H25N5O2S/c1-25(2)12-13-27(15-18-6-4-17(14-23)5-7-18)21(28)20-9-8-19(29-20)16-30-22-24-10-11-26(22)3/h4-11H,12-13,15-16H2,1-3H3. The summed E-state index contributed by atoms with van der Waals surface area (Å²) in [6, 6.07) is 13.0. The predicted octanol–water partition coefficient (Wildman–Crippen LogP) is 3.38. The molecular weight excluding hydrogens is 398 g/mol. The van der Waals surface area contributed by atoms with Crippen molar-refractivity contribution in [3.8, 4) is 6.07 Å². The number of hydrogen-bond acceptors (Lipinski definition) is 6. The van der Waals surface area contributed by atoms with Crippen LogP contribution in [0, 0.1) is 11.3 Å². The molecule has 0 saturated heterocycles. The van der Waals surface area contributed by atoms with Gasteiger partial charge in [0.2, 0.25) is 0 Å². The zero-order valence-electron chi connectivity index (χ0n) is 17.4. The fourth-order valence-electron chi connectivity index (χ4n) is 2.83. The molecule has 0 radical (unpaired) electrons. The van der Waals surface area contributed by atoms with Gasteiger partial charge in [0.25, 0.3) is 5.91 Å². The molecule has 0 bridgehead atoms. The maximum absolute atomic E-state index is 13.1. The lowest BCUT2D eigenvalue weighted by atomic mass is 10.1. The number of furan rings is 1. The van der Waals surface area contributed by atoms with E-state index in [1.54, 1.807) is 41.1 Å². The first kappa shape index (κ1) is 21.7. The third-order valence-electron chi connectivity index (χ3n) is 4.55. The molecule has 0 atom stereocenters. The number of benzene rings is 1. The molecule has 0 aliphatic rings. The van der Waals surface area contributed by atoms with E-state index in [4.69, 9.17) is 9.68 Å². The van der Waals surface area contributed by atoms with E-state index in [0.717, 1.165) is 23.0 Å². The van der Waals surface area contributed by atoms with Crippen molar-refractivity contribution >= 4 is 17.7 Å². The first-order chi connectivity index (χ1) is 14.5. The summed E-state index contributed by atoms with van der Waals surface area (Å²) in [7, 11) is 5.90. The van der Waals surface area contributed by atoms with Gasteiger partial charge in [-0.2, -0.15) is 5.26 Å². The quantitative estimate of drug-likeness (QED) is 0.491. The van der Waals surface area contributed by atoms with Gasteiger partial charge < -0.3 is 18.8 Å². The molecule has 0 aliphatic carbocycles. The van der Waals surface area contributed by atoms with Gasteiger partial charge in [0.1, 0.15) is 5.76 Å². The van der Waals surface area contributed by atoms with Crippen LogP contribution in [0.2, 0.25) is 0 Å². The lowest BCUT2D eigenvalue weighted by Crippen LogP contribution is -2.36. The normalized spacial score (nSPS) is 10.9. The highest BCUT2D eigenvalue weighted by Gasteiger charge is 2.20. The average Bonchev–Trinajstić information content (AvgIpc) is 3.38. The van der Waals surface area contributed by atoms with Crippen molar-refractivity contribution in [1.29, 1.82) is 5.26 Å². The van der Waals surface area contributed by atoms with Crippen LogP contribution in [0.15, 0.2) is 58.4 Å². The van der Waals surface area contributed by atoms with E-state index in [1.165, 1.54) is 0 Å². The van der Waals surface area contributed by atoms with Crippen molar-refractivity contribution in [2.24, 2.45) is 7.05 Å².